The van der Waals surface area contributed by atoms with E-state index in [2.05, 4.69) is 25.6 Å². The first-order chi connectivity index (χ1) is 15.3. The molecule has 4 aromatic rings. The molecule has 2 atom stereocenters. The zero-order valence-corrected chi connectivity index (χ0v) is 18.7. The second-order valence-electron chi connectivity index (χ2n) is 7.31. The summed E-state index contributed by atoms with van der Waals surface area (Å²) in [7, 11) is 0. The Morgan fingerprint density at radius 2 is 2.00 bits per heavy atom. The van der Waals surface area contributed by atoms with Gasteiger partial charge in [-0.25, -0.2) is 0 Å². The summed E-state index contributed by atoms with van der Waals surface area (Å²) < 4.78 is 7.57. The molecule has 0 unspecified atom stereocenters. The van der Waals surface area contributed by atoms with Gasteiger partial charge in [-0.05, 0) is 32.0 Å². The molecule has 0 fully saturated rings. The minimum absolute atomic E-state index is 0.210. The van der Waals surface area contributed by atoms with Gasteiger partial charge in [-0.2, -0.15) is 10.2 Å². The first kappa shape index (κ1) is 22.1. The van der Waals surface area contributed by atoms with Crippen LogP contribution < -0.4 is 10.1 Å². The van der Waals surface area contributed by atoms with Crippen molar-refractivity contribution >= 4 is 45.7 Å². The Kier molecular flexibility index (Phi) is 6.31. The van der Waals surface area contributed by atoms with Crippen molar-refractivity contribution in [1.29, 1.82) is 0 Å². The average molecular weight is 475 g/mol. The van der Waals surface area contributed by atoms with Crippen LogP contribution in [0.2, 0.25) is 10.0 Å². The molecule has 166 valence electrons. The number of aliphatic hydroxyl groups excluding tert-OH is 1. The van der Waals surface area contributed by atoms with Crippen molar-refractivity contribution in [3.05, 3.63) is 64.3 Å². The zero-order valence-electron chi connectivity index (χ0n) is 17.2. The number of hydrogen-bond donors (Lipinski definition) is 3. The molecule has 1 aromatic carbocycles. The van der Waals surface area contributed by atoms with Gasteiger partial charge in [0.15, 0.2) is 5.69 Å². The third kappa shape index (κ3) is 4.69. The fraction of sp³-hybridized carbons (Fsp3) is 0.238. The van der Waals surface area contributed by atoms with E-state index in [1.165, 1.54) is 18.6 Å². The van der Waals surface area contributed by atoms with Crippen molar-refractivity contribution in [3.63, 3.8) is 0 Å². The number of rotatable bonds is 7. The van der Waals surface area contributed by atoms with Crippen LogP contribution in [0.4, 0.5) is 5.69 Å². The molecule has 32 heavy (non-hydrogen) atoms. The van der Waals surface area contributed by atoms with Crippen molar-refractivity contribution < 1.29 is 14.6 Å². The molecule has 9 nitrogen and oxygen atoms in total. The quantitative estimate of drug-likeness (QED) is 0.368. The van der Waals surface area contributed by atoms with Gasteiger partial charge >= 0.3 is 0 Å². The molecule has 3 aromatic heterocycles. The van der Waals surface area contributed by atoms with Gasteiger partial charge in [-0.1, -0.05) is 23.2 Å². The fourth-order valence-electron chi connectivity index (χ4n) is 3.30. The van der Waals surface area contributed by atoms with Gasteiger partial charge in [0.05, 0.1) is 40.1 Å². The lowest BCUT2D eigenvalue weighted by molar-refractivity contribution is 0.102. The molecule has 3 heterocycles. The number of anilines is 1. The molecular weight excluding hydrogens is 455 g/mol. The Morgan fingerprint density at radius 1 is 1.25 bits per heavy atom. The standard InChI is InChI=1S/C21H20Cl2N6O3/c1-11(30)9-29-10-13(6-25-29)26-21(31)20-15-5-14(3-4-18(15)27-28-20)32-12(2)19-16(22)7-24-8-17(19)23/h3-8,10-12,30H,9H2,1-2H3,(H,26,31)(H,27,28)/t11-,12+/m0/s1. The molecule has 0 aliphatic rings. The largest absolute Gasteiger partial charge is 0.486 e. The van der Waals surface area contributed by atoms with Gasteiger partial charge < -0.3 is 15.2 Å². The Morgan fingerprint density at radius 3 is 2.72 bits per heavy atom. The second-order valence-corrected chi connectivity index (χ2v) is 8.13. The van der Waals surface area contributed by atoms with Gasteiger partial charge in [0.25, 0.3) is 5.91 Å². The number of carbonyl (C=O) groups excluding carboxylic acids is 1. The topological polar surface area (TPSA) is 118 Å². The predicted octanol–water partition coefficient (Wildman–Crippen LogP) is 4.23. The van der Waals surface area contributed by atoms with Crippen LogP contribution in [0, 0.1) is 0 Å². The third-order valence-corrected chi connectivity index (χ3v) is 5.30. The number of aliphatic hydroxyl groups is 1. The van der Waals surface area contributed by atoms with E-state index in [1.54, 1.807) is 36.0 Å². The van der Waals surface area contributed by atoms with E-state index >= 15 is 0 Å². The number of benzene rings is 1. The molecule has 0 saturated heterocycles. The summed E-state index contributed by atoms with van der Waals surface area (Å²) in [6.07, 6.45) is 5.16. The molecular formula is C21H20Cl2N6O3. The number of aromatic nitrogens is 5. The molecule has 4 rings (SSSR count). The van der Waals surface area contributed by atoms with E-state index in [9.17, 15) is 9.90 Å². The van der Waals surface area contributed by atoms with Crippen molar-refractivity contribution in [2.24, 2.45) is 0 Å². The molecule has 3 N–H and O–H groups in total. The Bertz CT molecular complexity index is 1250. The lowest BCUT2D eigenvalue weighted by Gasteiger charge is -2.17. The molecule has 0 aliphatic heterocycles. The molecule has 11 heteroatoms. The highest BCUT2D eigenvalue weighted by molar-refractivity contribution is 6.35. The van der Waals surface area contributed by atoms with Crippen molar-refractivity contribution in [1.82, 2.24) is 25.0 Å². The number of ether oxygens (including phenoxy) is 1. The van der Waals surface area contributed by atoms with Crippen molar-refractivity contribution in [2.45, 2.75) is 32.6 Å². The van der Waals surface area contributed by atoms with E-state index in [1.807, 2.05) is 6.92 Å². The number of carbonyl (C=O) groups is 1. The van der Waals surface area contributed by atoms with E-state index < -0.39 is 18.1 Å². The third-order valence-electron chi connectivity index (χ3n) is 4.70. The summed E-state index contributed by atoms with van der Waals surface area (Å²) >= 11 is 12.5. The van der Waals surface area contributed by atoms with Gasteiger partial charge in [0.1, 0.15) is 11.9 Å². The van der Waals surface area contributed by atoms with Crippen LogP contribution in [0.1, 0.15) is 36.0 Å². The summed E-state index contributed by atoms with van der Waals surface area (Å²) in [5.74, 6) is 0.118. The van der Waals surface area contributed by atoms with Gasteiger partial charge in [0, 0.05) is 29.5 Å². The summed E-state index contributed by atoms with van der Waals surface area (Å²) in [6, 6.07) is 5.27. The number of amides is 1. The Labute approximate surface area is 193 Å². The summed E-state index contributed by atoms with van der Waals surface area (Å²) in [4.78, 5) is 16.8. The highest BCUT2D eigenvalue weighted by Crippen LogP contribution is 2.33. The maximum absolute atomic E-state index is 12.8. The normalized spacial score (nSPS) is 13.2. The predicted molar refractivity (Wildman–Crippen MR) is 121 cm³/mol. The molecule has 0 saturated carbocycles. The fourth-order valence-corrected chi connectivity index (χ4v) is 3.97. The van der Waals surface area contributed by atoms with E-state index in [4.69, 9.17) is 27.9 Å². The number of H-pyrrole nitrogens is 1. The number of nitrogens with one attached hydrogen (secondary N) is 2. The second kappa shape index (κ2) is 9.15. The zero-order chi connectivity index (χ0) is 22.8. The van der Waals surface area contributed by atoms with Gasteiger partial charge in [0.2, 0.25) is 0 Å². The highest BCUT2D eigenvalue weighted by atomic mass is 35.5. The first-order valence-corrected chi connectivity index (χ1v) is 10.5. The van der Waals surface area contributed by atoms with Crippen LogP contribution >= 0.6 is 23.2 Å². The van der Waals surface area contributed by atoms with Crippen LogP contribution in [0.3, 0.4) is 0 Å². The number of fused-ring (bicyclic) bond motifs is 1. The van der Waals surface area contributed by atoms with Crippen LogP contribution in [0.25, 0.3) is 10.9 Å². The van der Waals surface area contributed by atoms with Crippen LogP contribution in [-0.4, -0.2) is 42.1 Å². The van der Waals surface area contributed by atoms with E-state index in [-0.39, 0.29) is 5.69 Å². The number of hydrogen-bond acceptors (Lipinski definition) is 6. The summed E-state index contributed by atoms with van der Waals surface area (Å²) in [6.45, 7) is 3.81. The van der Waals surface area contributed by atoms with Crippen LogP contribution in [0.5, 0.6) is 5.75 Å². The van der Waals surface area contributed by atoms with Crippen LogP contribution in [0.15, 0.2) is 43.0 Å². The van der Waals surface area contributed by atoms with E-state index in [0.717, 1.165) is 0 Å². The van der Waals surface area contributed by atoms with Gasteiger partial charge in [-0.15, -0.1) is 0 Å². The average Bonchev–Trinajstić information content (AvgIpc) is 3.33. The highest BCUT2D eigenvalue weighted by Gasteiger charge is 2.19. The molecule has 0 spiro atoms. The number of nitrogens with zero attached hydrogens (tertiary/aromatic N) is 4. The van der Waals surface area contributed by atoms with Gasteiger partial charge in [-0.3, -0.25) is 19.6 Å². The molecule has 1 amide bonds. The number of halogens is 2. The summed E-state index contributed by atoms with van der Waals surface area (Å²) in [5.41, 5.74) is 2.01. The molecule has 0 bridgehead atoms. The monoisotopic (exact) mass is 474 g/mol. The van der Waals surface area contributed by atoms with E-state index in [0.29, 0.717) is 44.5 Å². The maximum Gasteiger partial charge on any atom is 0.276 e. The Balaban J connectivity index is 1.55. The maximum atomic E-state index is 12.8. The molecule has 0 radical (unpaired) electrons. The smallest absolute Gasteiger partial charge is 0.276 e. The number of aromatic amines is 1. The summed E-state index contributed by atoms with van der Waals surface area (Å²) in [5, 5.41) is 24.7. The van der Waals surface area contributed by atoms with Crippen molar-refractivity contribution in [2.75, 3.05) is 5.32 Å². The van der Waals surface area contributed by atoms with Crippen molar-refractivity contribution in [3.8, 4) is 5.75 Å². The van der Waals surface area contributed by atoms with Crippen LogP contribution in [-0.2, 0) is 6.54 Å². The minimum Gasteiger partial charge on any atom is -0.486 e. The lowest BCUT2D eigenvalue weighted by atomic mass is 10.1. The lowest BCUT2D eigenvalue weighted by Crippen LogP contribution is -2.13. The number of pyridine rings is 1. The molecule has 0 aliphatic carbocycles. The SMILES string of the molecule is C[C@H](O)Cn1cc(NC(=O)c2n[nH]c3ccc(O[C@H](C)c4c(Cl)cncc4Cl)cc23)cn1. The Hall–Kier alpha value is -3.14. The minimum atomic E-state index is -0.550. The first-order valence-electron chi connectivity index (χ1n) is 9.77.